The Bertz CT molecular complexity index is 355. The van der Waals surface area contributed by atoms with Gasteiger partial charge in [-0.25, -0.2) is 0 Å². The van der Waals surface area contributed by atoms with Crippen molar-refractivity contribution in [2.75, 3.05) is 0 Å². The molecule has 2 aliphatic rings. The van der Waals surface area contributed by atoms with Gasteiger partial charge in [-0.3, -0.25) is 0 Å². The Labute approximate surface area is 214 Å². The molecule has 0 aromatic rings. The van der Waals surface area contributed by atoms with Crippen molar-refractivity contribution in [2.24, 2.45) is 0 Å². The van der Waals surface area contributed by atoms with E-state index in [9.17, 15) is 0 Å². The minimum absolute atomic E-state index is 0. The van der Waals surface area contributed by atoms with E-state index in [-0.39, 0.29) is 45.5 Å². The maximum Gasteiger partial charge on any atom is 0.0516 e. The standard InChI is InChI=1S/2C11H21Si2.Sr/c2*1-12(2,3)10-7-8-11(9-10)13(4,5)6;/h2*7-9H,1-6H3;. The van der Waals surface area contributed by atoms with Gasteiger partial charge in [-0.05, 0) is 60.7 Å². The van der Waals surface area contributed by atoms with Crippen LogP contribution < -0.4 is 0 Å². The van der Waals surface area contributed by atoms with Crippen LogP contribution >= 0.6 is 0 Å². The Morgan fingerprint density at radius 3 is 0.593 bits per heavy atom. The Morgan fingerprint density at radius 2 is 0.519 bits per heavy atom. The third-order valence-electron chi connectivity index (χ3n) is 4.97. The second-order valence-corrected chi connectivity index (χ2v) is 32.1. The molecule has 148 valence electrons. The summed E-state index contributed by atoms with van der Waals surface area (Å²) in [6, 6.07) is 0. The van der Waals surface area contributed by atoms with Crippen molar-refractivity contribution in [3.05, 3.63) is 60.7 Å². The normalized spacial score (nSPS) is 21.8. The summed E-state index contributed by atoms with van der Waals surface area (Å²) in [6.07, 6.45) is 14.3. The second kappa shape index (κ2) is 10.8. The number of hydrogen-bond donors (Lipinski definition) is 0. The van der Waals surface area contributed by atoms with Gasteiger partial charge in [0.25, 0.3) is 0 Å². The first-order valence-corrected chi connectivity index (χ1v) is 24.0. The van der Waals surface area contributed by atoms with Crippen LogP contribution in [0.4, 0.5) is 0 Å². The molecule has 0 atom stereocenters. The third kappa shape index (κ3) is 10.0. The quantitative estimate of drug-likeness (QED) is 0.375. The van der Waals surface area contributed by atoms with Crippen molar-refractivity contribution in [1.29, 1.82) is 0 Å². The first-order chi connectivity index (χ1) is 11.4. The Kier molecular flexibility index (Phi) is 11.7. The predicted octanol–water partition coefficient (Wildman–Crippen LogP) is 6.65. The molecule has 0 bridgehead atoms. The minimum atomic E-state index is -1.07. The fourth-order valence-corrected chi connectivity index (χ4v) is 7.73. The van der Waals surface area contributed by atoms with Crippen LogP contribution in [-0.2, 0) is 0 Å². The summed E-state index contributed by atoms with van der Waals surface area (Å²) in [6.45, 7) is 29.0. The first kappa shape index (κ1) is 29.3. The van der Waals surface area contributed by atoms with Crippen molar-refractivity contribution in [1.82, 2.24) is 0 Å². The van der Waals surface area contributed by atoms with E-state index in [1.165, 1.54) is 0 Å². The van der Waals surface area contributed by atoms with Gasteiger partial charge in [-0.15, -0.1) is 0 Å². The summed E-state index contributed by atoms with van der Waals surface area (Å²) < 4.78 is 0. The fraction of sp³-hybridized carbons (Fsp3) is 0.545. The molecule has 0 N–H and O–H groups in total. The van der Waals surface area contributed by atoms with Crippen molar-refractivity contribution in [3.8, 4) is 0 Å². The van der Waals surface area contributed by atoms with Crippen LogP contribution in [0, 0.1) is 60.7 Å². The van der Waals surface area contributed by atoms with E-state index in [1.54, 1.807) is 22.2 Å². The summed E-state index contributed by atoms with van der Waals surface area (Å²) in [7, 11) is -4.28. The van der Waals surface area contributed by atoms with Crippen molar-refractivity contribution >= 4 is 77.8 Å². The monoisotopic (exact) mass is 506 g/mol. The first-order valence-electron chi connectivity index (χ1n) is 9.98. The maximum atomic E-state index is 2.46. The van der Waals surface area contributed by atoms with Crippen molar-refractivity contribution in [3.63, 3.8) is 0 Å². The molecule has 0 nitrogen and oxygen atoms in total. The molecule has 0 saturated heterocycles. The Morgan fingerprint density at radius 1 is 0.370 bits per heavy atom. The van der Waals surface area contributed by atoms with Gasteiger partial charge < -0.3 is 0 Å². The zero-order valence-corrected chi connectivity index (χ0v) is 27.6. The van der Waals surface area contributed by atoms with Gasteiger partial charge in [0.05, 0.1) is 32.3 Å². The summed E-state index contributed by atoms with van der Waals surface area (Å²) >= 11 is 0. The van der Waals surface area contributed by atoms with Gasteiger partial charge in [-0.2, -0.15) is 0 Å². The van der Waals surface area contributed by atoms with E-state index < -0.39 is 32.3 Å². The third-order valence-corrected chi connectivity index (χ3v) is 13.1. The topological polar surface area (TPSA) is 0 Å². The average Bonchev–Trinajstić information content (AvgIpc) is 3.06. The molecule has 12 radical (unpaired) electrons. The van der Waals surface area contributed by atoms with Crippen LogP contribution in [0.3, 0.4) is 0 Å². The summed E-state index contributed by atoms with van der Waals surface area (Å²) in [5.74, 6) is 0. The summed E-state index contributed by atoms with van der Waals surface area (Å²) in [4.78, 5) is 0. The van der Waals surface area contributed by atoms with E-state index >= 15 is 0 Å². The second-order valence-electron chi connectivity index (χ2n) is 11.8. The minimum Gasteiger partial charge on any atom is -0.0691 e. The van der Waals surface area contributed by atoms with E-state index in [2.05, 4.69) is 117 Å². The number of rotatable bonds is 4. The van der Waals surface area contributed by atoms with Crippen LogP contribution in [0.5, 0.6) is 0 Å². The average molecular weight is 507 g/mol. The van der Waals surface area contributed by atoms with Gasteiger partial charge in [0.1, 0.15) is 0 Å². The van der Waals surface area contributed by atoms with E-state index in [0.29, 0.717) is 0 Å². The Balaban J connectivity index is 0.000000483. The smallest absolute Gasteiger partial charge is 0.0516 e. The molecular weight excluding hydrogens is 464 g/mol. The van der Waals surface area contributed by atoms with Gasteiger partial charge >= 0.3 is 0 Å². The van der Waals surface area contributed by atoms with Gasteiger partial charge in [0.2, 0.25) is 0 Å². The zero-order chi connectivity index (χ0) is 20.6. The molecule has 27 heavy (non-hydrogen) atoms. The molecule has 0 amide bonds. The molecule has 0 aromatic heterocycles. The van der Waals surface area contributed by atoms with Gasteiger partial charge in [0.15, 0.2) is 0 Å². The molecule has 2 fully saturated rings. The summed E-state index contributed by atoms with van der Waals surface area (Å²) in [5.41, 5.74) is 6.46. The summed E-state index contributed by atoms with van der Waals surface area (Å²) in [5, 5.41) is 0. The molecule has 0 aromatic carbocycles. The van der Waals surface area contributed by atoms with Crippen LogP contribution in [0.1, 0.15) is 0 Å². The molecular formula is C22H42Si4Sr. The van der Waals surface area contributed by atoms with Gasteiger partial charge in [0, 0.05) is 45.5 Å². The Hall–Kier alpha value is 2.35. The molecule has 2 aliphatic carbocycles. The van der Waals surface area contributed by atoms with Crippen molar-refractivity contribution < 1.29 is 0 Å². The molecule has 5 heteroatoms. The fourth-order valence-electron chi connectivity index (χ4n) is 2.75. The largest absolute Gasteiger partial charge is 0.0691 e. The van der Waals surface area contributed by atoms with Crippen molar-refractivity contribution in [2.45, 2.75) is 78.6 Å². The van der Waals surface area contributed by atoms with Crippen LogP contribution in [0.15, 0.2) is 0 Å². The predicted molar refractivity (Wildman–Crippen MR) is 138 cm³/mol. The van der Waals surface area contributed by atoms with Crippen LogP contribution in [0.25, 0.3) is 0 Å². The van der Waals surface area contributed by atoms with Gasteiger partial charge in [-0.1, -0.05) is 78.6 Å². The van der Waals surface area contributed by atoms with Crippen LogP contribution in [0.2, 0.25) is 78.6 Å². The SMILES string of the molecule is C[Si](C)(C)[C]1[CH][CH][C]([Si](C)(C)C)[CH]1.C[Si](C)(C)[C]1[CH][CH][C]([Si](C)(C)C)[CH]1.[Sr]. The van der Waals surface area contributed by atoms with E-state index in [1.807, 2.05) is 0 Å². The van der Waals surface area contributed by atoms with E-state index in [0.717, 1.165) is 0 Å². The molecule has 0 aliphatic heterocycles. The van der Waals surface area contributed by atoms with E-state index in [4.69, 9.17) is 0 Å². The zero-order valence-electron chi connectivity index (χ0n) is 20.2. The molecule has 0 spiro atoms. The van der Waals surface area contributed by atoms with Crippen LogP contribution in [-0.4, -0.2) is 77.8 Å². The number of hydrogen-bond acceptors (Lipinski definition) is 0. The molecule has 0 unspecified atom stereocenters. The maximum absolute atomic E-state index is 2.46. The molecule has 2 rings (SSSR count). The molecule has 2 saturated carbocycles. The molecule has 0 heterocycles.